The third kappa shape index (κ3) is 6.09. The van der Waals surface area contributed by atoms with E-state index in [0.29, 0.717) is 0 Å². The Morgan fingerprint density at radius 1 is 1.18 bits per heavy atom. The monoisotopic (exact) mass is 515 g/mol. The molecule has 2 N–H and O–H groups in total. The minimum Gasteiger partial charge on any atom is -0.497 e. The predicted molar refractivity (Wildman–Crippen MR) is 128 cm³/mol. The number of nitrogens with zero attached hydrogens (tertiary/aromatic N) is 1. The Balaban J connectivity index is 0.00000280. The third-order valence-electron chi connectivity index (χ3n) is 5.21. The number of rotatable bonds is 7. The number of guanidine groups is 1. The van der Waals surface area contributed by atoms with E-state index in [-0.39, 0.29) is 29.4 Å². The lowest BCUT2D eigenvalue weighted by atomic mass is 9.74. The summed E-state index contributed by atoms with van der Waals surface area (Å²) in [5.74, 6) is 1.74. The number of halogens is 1. The van der Waals surface area contributed by atoms with Crippen LogP contribution >= 0.6 is 35.3 Å². The first-order chi connectivity index (χ1) is 13.3. The zero-order chi connectivity index (χ0) is 19.0. The van der Waals surface area contributed by atoms with Crippen molar-refractivity contribution in [3.63, 3.8) is 0 Å². The Hall–Kier alpha value is -1.32. The summed E-state index contributed by atoms with van der Waals surface area (Å²) in [5, 5.41) is 9.09. The molecule has 1 saturated heterocycles. The van der Waals surface area contributed by atoms with Crippen molar-refractivity contribution in [3.8, 4) is 5.75 Å². The molecule has 2 heterocycles. The molecule has 0 atom stereocenters. The van der Waals surface area contributed by atoms with Crippen molar-refractivity contribution in [1.29, 1.82) is 0 Å². The summed E-state index contributed by atoms with van der Waals surface area (Å²) >= 11 is 1.79. The minimum absolute atomic E-state index is 0. The van der Waals surface area contributed by atoms with Gasteiger partial charge >= 0.3 is 0 Å². The quantitative estimate of drug-likeness (QED) is 0.335. The normalized spacial score (nSPS) is 16.1. The molecule has 3 rings (SSSR count). The van der Waals surface area contributed by atoms with Crippen molar-refractivity contribution in [2.45, 2.75) is 24.7 Å². The van der Waals surface area contributed by atoms with Crippen molar-refractivity contribution < 1.29 is 9.47 Å². The zero-order valence-electron chi connectivity index (χ0n) is 16.6. The molecule has 2 aromatic rings. The zero-order valence-corrected chi connectivity index (χ0v) is 19.7. The van der Waals surface area contributed by atoms with Gasteiger partial charge in [-0.1, -0.05) is 18.2 Å². The molecule has 1 fully saturated rings. The highest BCUT2D eigenvalue weighted by Gasteiger charge is 2.34. The molecular formula is C21H30IN3O2S. The highest BCUT2D eigenvalue weighted by Crippen LogP contribution is 2.35. The molecule has 1 aliphatic heterocycles. The lowest BCUT2D eigenvalue weighted by Crippen LogP contribution is -2.48. The van der Waals surface area contributed by atoms with Crippen molar-refractivity contribution in [2.24, 2.45) is 4.99 Å². The maximum absolute atomic E-state index is 5.63. The van der Waals surface area contributed by atoms with Crippen molar-refractivity contribution in [3.05, 3.63) is 52.2 Å². The molecule has 5 nitrogen and oxygen atoms in total. The predicted octanol–water partition coefficient (Wildman–Crippen LogP) is 3.83. The maximum Gasteiger partial charge on any atom is 0.191 e. The third-order valence-corrected chi connectivity index (χ3v) is 6.15. The molecule has 0 unspecified atom stereocenters. The molecule has 7 heteroatoms. The number of aliphatic imine (C=N–C) groups is 1. The van der Waals surface area contributed by atoms with Crippen LogP contribution in [0.5, 0.6) is 5.75 Å². The molecular weight excluding hydrogens is 485 g/mol. The first-order valence-electron chi connectivity index (χ1n) is 9.45. The number of ether oxygens (including phenoxy) is 2. The van der Waals surface area contributed by atoms with E-state index in [4.69, 9.17) is 9.47 Å². The summed E-state index contributed by atoms with van der Waals surface area (Å²) in [7, 11) is 3.52. The van der Waals surface area contributed by atoms with Crippen LogP contribution in [0, 0.1) is 0 Å². The van der Waals surface area contributed by atoms with E-state index < -0.39 is 0 Å². The topological polar surface area (TPSA) is 54.9 Å². The van der Waals surface area contributed by atoms with Crippen molar-refractivity contribution >= 4 is 41.3 Å². The van der Waals surface area contributed by atoms with Crippen LogP contribution in [0.25, 0.3) is 0 Å². The van der Waals surface area contributed by atoms with E-state index in [1.807, 2.05) is 19.2 Å². The summed E-state index contributed by atoms with van der Waals surface area (Å²) in [4.78, 5) is 5.78. The van der Waals surface area contributed by atoms with Crippen molar-refractivity contribution in [1.82, 2.24) is 10.6 Å². The van der Waals surface area contributed by atoms with Crippen LogP contribution in [0.4, 0.5) is 0 Å². The molecule has 0 saturated carbocycles. The Labute approximate surface area is 189 Å². The standard InChI is InChI=1S/C21H29N3O2S.HI/c1-22-20(23-12-9-19-4-3-15-27-19)24-16-21(10-13-26-14-11-21)17-5-7-18(25-2)8-6-17;/h3-8,15H,9-14,16H2,1-2H3,(H2,22,23,24);1H. The Kier molecular flexibility index (Phi) is 9.53. The van der Waals surface area contributed by atoms with E-state index >= 15 is 0 Å². The minimum atomic E-state index is 0. The van der Waals surface area contributed by atoms with Gasteiger partial charge in [0.15, 0.2) is 5.96 Å². The summed E-state index contributed by atoms with van der Waals surface area (Å²) in [6.45, 7) is 3.29. The fraction of sp³-hybridized carbons (Fsp3) is 0.476. The smallest absolute Gasteiger partial charge is 0.191 e. The van der Waals surface area contributed by atoms with Gasteiger partial charge in [-0.2, -0.15) is 0 Å². The van der Waals surface area contributed by atoms with Crippen LogP contribution in [0.1, 0.15) is 23.3 Å². The highest BCUT2D eigenvalue weighted by atomic mass is 127. The van der Waals surface area contributed by atoms with Gasteiger partial charge in [-0.3, -0.25) is 4.99 Å². The van der Waals surface area contributed by atoms with E-state index in [0.717, 1.165) is 57.3 Å². The fourth-order valence-electron chi connectivity index (χ4n) is 3.51. The number of hydrogen-bond donors (Lipinski definition) is 2. The van der Waals surface area contributed by atoms with Gasteiger partial charge in [0.05, 0.1) is 7.11 Å². The molecule has 28 heavy (non-hydrogen) atoms. The van der Waals surface area contributed by atoms with Crippen LogP contribution in [0.3, 0.4) is 0 Å². The second-order valence-electron chi connectivity index (χ2n) is 6.80. The van der Waals surface area contributed by atoms with E-state index in [1.54, 1.807) is 18.4 Å². The fourth-order valence-corrected chi connectivity index (χ4v) is 4.22. The van der Waals surface area contributed by atoms with Crippen LogP contribution in [0.15, 0.2) is 46.8 Å². The molecule has 1 aromatic carbocycles. The van der Waals surface area contributed by atoms with E-state index in [1.165, 1.54) is 10.4 Å². The number of nitrogens with one attached hydrogen (secondary N) is 2. The molecule has 0 aliphatic carbocycles. The van der Waals surface area contributed by atoms with Gasteiger partial charge in [-0.15, -0.1) is 35.3 Å². The SMILES string of the molecule is CN=C(NCCc1cccs1)NCC1(c2ccc(OC)cc2)CCOCC1.I. The lowest BCUT2D eigenvalue weighted by molar-refractivity contribution is 0.0513. The number of hydrogen-bond acceptors (Lipinski definition) is 4. The lowest BCUT2D eigenvalue weighted by Gasteiger charge is -2.38. The summed E-state index contributed by atoms with van der Waals surface area (Å²) in [6, 6.07) is 12.7. The van der Waals surface area contributed by atoms with Gasteiger partial charge in [-0.05, 0) is 48.4 Å². The van der Waals surface area contributed by atoms with Crippen molar-refractivity contribution in [2.75, 3.05) is 40.5 Å². The Bertz CT molecular complexity index is 714. The number of benzene rings is 1. The molecule has 0 amide bonds. The van der Waals surface area contributed by atoms with E-state index in [2.05, 4.69) is 45.3 Å². The second kappa shape index (κ2) is 11.6. The maximum atomic E-state index is 5.63. The van der Waals surface area contributed by atoms with Crippen LogP contribution in [-0.2, 0) is 16.6 Å². The van der Waals surface area contributed by atoms with Crippen LogP contribution < -0.4 is 15.4 Å². The average molecular weight is 515 g/mol. The van der Waals surface area contributed by atoms with Gasteiger partial charge in [0.25, 0.3) is 0 Å². The van der Waals surface area contributed by atoms with Crippen LogP contribution in [-0.4, -0.2) is 46.4 Å². The molecule has 154 valence electrons. The summed E-state index contributed by atoms with van der Waals surface area (Å²) < 4.78 is 10.9. The average Bonchev–Trinajstić information content (AvgIpc) is 3.25. The van der Waals surface area contributed by atoms with Gasteiger partial charge in [0.1, 0.15) is 5.75 Å². The first kappa shape index (κ1) is 23.0. The summed E-state index contributed by atoms with van der Waals surface area (Å²) in [6.07, 6.45) is 3.01. The molecule has 1 aromatic heterocycles. The number of methoxy groups -OCH3 is 1. The van der Waals surface area contributed by atoms with Gasteiger partial charge in [-0.25, -0.2) is 0 Å². The van der Waals surface area contributed by atoms with Gasteiger partial charge in [0.2, 0.25) is 0 Å². The molecule has 0 radical (unpaired) electrons. The Morgan fingerprint density at radius 3 is 2.54 bits per heavy atom. The molecule has 1 aliphatic rings. The molecule has 0 bridgehead atoms. The number of thiophene rings is 1. The molecule has 0 spiro atoms. The second-order valence-corrected chi connectivity index (χ2v) is 7.84. The summed E-state index contributed by atoms with van der Waals surface area (Å²) in [5.41, 5.74) is 1.38. The first-order valence-corrected chi connectivity index (χ1v) is 10.3. The van der Waals surface area contributed by atoms with Gasteiger partial charge in [0, 0.05) is 43.6 Å². The largest absolute Gasteiger partial charge is 0.497 e. The van der Waals surface area contributed by atoms with Gasteiger partial charge < -0.3 is 20.1 Å². The highest BCUT2D eigenvalue weighted by molar-refractivity contribution is 14.0. The van der Waals surface area contributed by atoms with Crippen LogP contribution in [0.2, 0.25) is 0 Å². The van der Waals surface area contributed by atoms with E-state index in [9.17, 15) is 0 Å². The Morgan fingerprint density at radius 2 is 1.93 bits per heavy atom.